The van der Waals surface area contributed by atoms with Crippen LogP contribution >= 0.6 is 12.4 Å². The first-order valence-corrected chi connectivity index (χ1v) is 2.98. The van der Waals surface area contributed by atoms with Crippen molar-refractivity contribution >= 4 is 18.3 Å². The summed E-state index contributed by atoms with van der Waals surface area (Å²) in [7, 11) is 5.26. The smallest absolute Gasteiger partial charge is 0.238 e. The zero-order valence-electron chi connectivity index (χ0n) is 6.84. The van der Waals surface area contributed by atoms with Gasteiger partial charge in [-0.05, 0) is 14.0 Å². The lowest BCUT2D eigenvalue weighted by Gasteiger charge is -2.15. The molecule has 4 heteroatoms. The highest BCUT2D eigenvalue weighted by Gasteiger charge is 2.10. The van der Waals surface area contributed by atoms with E-state index >= 15 is 0 Å². The van der Waals surface area contributed by atoms with Gasteiger partial charge in [-0.15, -0.1) is 12.4 Å². The average Bonchev–Trinajstić information content (AvgIpc) is 1.84. The molecule has 0 saturated heterocycles. The van der Waals surface area contributed by atoms with Crippen molar-refractivity contribution in [3.63, 3.8) is 0 Å². The quantitative estimate of drug-likeness (QED) is 0.632. The first kappa shape index (κ1) is 12.4. The van der Waals surface area contributed by atoms with Gasteiger partial charge in [-0.1, -0.05) is 0 Å². The molecule has 1 unspecified atom stereocenters. The van der Waals surface area contributed by atoms with Crippen LogP contribution in [0.15, 0.2) is 0 Å². The third kappa shape index (κ3) is 3.69. The molecule has 1 atom stereocenters. The number of halogens is 1. The highest BCUT2D eigenvalue weighted by molar-refractivity contribution is 5.85. The van der Waals surface area contributed by atoms with Crippen molar-refractivity contribution in [1.29, 1.82) is 0 Å². The van der Waals surface area contributed by atoms with Gasteiger partial charge in [0.15, 0.2) is 0 Å². The predicted molar refractivity (Wildman–Crippen MR) is 44.5 cm³/mol. The largest absolute Gasteiger partial charge is 0.347 e. The SMILES string of the molecule is CNC(C)C(=O)N(C)C.Cl. The molecule has 0 heterocycles. The van der Waals surface area contributed by atoms with Crippen LogP contribution in [0, 0.1) is 0 Å². The lowest BCUT2D eigenvalue weighted by atomic mass is 10.3. The van der Waals surface area contributed by atoms with Gasteiger partial charge in [-0.3, -0.25) is 4.79 Å². The summed E-state index contributed by atoms with van der Waals surface area (Å²) in [6, 6.07) is -0.0694. The Morgan fingerprint density at radius 2 is 1.90 bits per heavy atom. The number of amides is 1. The van der Waals surface area contributed by atoms with Crippen LogP contribution in [0.4, 0.5) is 0 Å². The molecule has 1 amide bonds. The molecule has 0 aliphatic heterocycles. The zero-order chi connectivity index (χ0) is 7.44. The fraction of sp³-hybridized carbons (Fsp3) is 0.833. The van der Waals surface area contributed by atoms with E-state index in [0.29, 0.717) is 0 Å². The Morgan fingerprint density at radius 3 is 2.00 bits per heavy atom. The molecule has 0 fully saturated rings. The van der Waals surface area contributed by atoms with Gasteiger partial charge >= 0.3 is 0 Å². The number of rotatable bonds is 2. The van der Waals surface area contributed by atoms with Gasteiger partial charge in [-0.2, -0.15) is 0 Å². The van der Waals surface area contributed by atoms with E-state index in [9.17, 15) is 4.79 Å². The third-order valence-electron chi connectivity index (χ3n) is 1.24. The molecule has 0 spiro atoms. The van der Waals surface area contributed by atoms with Crippen LogP contribution < -0.4 is 5.32 Å². The summed E-state index contributed by atoms with van der Waals surface area (Å²) >= 11 is 0. The fourth-order valence-electron chi connectivity index (χ4n) is 0.511. The van der Waals surface area contributed by atoms with Crippen molar-refractivity contribution in [3.8, 4) is 0 Å². The number of hydrogen-bond acceptors (Lipinski definition) is 2. The van der Waals surface area contributed by atoms with E-state index in [1.807, 2.05) is 6.92 Å². The Labute approximate surface area is 68.2 Å². The molecule has 0 aliphatic rings. The van der Waals surface area contributed by atoms with Crippen molar-refractivity contribution in [2.75, 3.05) is 21.1 Å². The summed E-state index contributed by atoms with van der Waals surface area (Å²) in [5, 5.41) is 2.85. The fourth-order valence-corrected chi connectivity index (χ4v) is 0.511. The lowest BCUT2D eigenvalue weighted by molar-refractivity contribution is -0.130. The summed E-state index contributed by atoms with van der Waals surface area (Å²) in [5.74, 6) is 0.109. The lowest BCUT2D eigenvalue weighted by Crippen LogP contribution is -2.39. The molecule has 1 N–H and O–H groups in total. The minimum absolute atomic E-state index is 0. The Bertz CT molecular complexity index is 106. The summed E-state index contributed by atoms with van der Waals surface area (Å²) in [6.45, 7) is 1.84. The molecule has 0 saturated carbocycles. The molecule has 0 bridgehead atoms. The number of likely N-dealkylation sites (N-methyl/N-ethyl adjacent to an activating group) is 2. The molecule has 0 aromatic heterocycles. The van der Waals surface area contributed by atoms with Crippen molar-refractivity contribution in [3.05, 3.63) is 0 Å². The Hall–Kier alpha value is -0.280. The minimum Gasteiger partial charge on any atom is -0.347 e. The summed E-state index contributed by atoms with van der Waals surface area (Å²) in [5.41, 5.74) is 0. The maximum absolute atomic E-state index is 10.9. The van der Waals surface area contributed by atoms with E-state index in [2.05, 4.69) is 5.32 Å². The summed E-state index contributed by atoms with van der Waals surface area (Å²) in [4.78, 5) is 12.5. The van der Waals surface area contributed by atoms with Crippen LogP contribution in [0.2, 0.25) is 0 Å². The number of carbonyl (C=O) groups is 1. The van der Waals surface area contributed by atoms with Gasteiger partial charge in [0.1, 0.15) is 0 Å². The molecular weight excluding hydrogens is 152 g/mol. The van der Waals surface area contributed by atoms with E-state index in [-0.39, 0.29) is 24.4 Å². The molecule has 3 nitrogen and oxygen atoms in total. The molecule has 0 aromatic rings. The number of nitrogens with zero attached hydrogens (tertiary/aromatic N) is 1. The molecule has 0 aliphatic carbocycles. The Balaban J connectivity index is 0. The van der Waals surface area contributed by atoms with Crippen molar-refractivity contribution < 1.29 is 4.79 Å². The second-order valence-electron chi connectivity index (χ2n) is 2.24. The average molecular weight is 167 g/mol. The van der Waals surface area contributed by atoms with Crippen LogP contribution in [0.1, 0.15) is 6.92 Å². The Morgan fingerprint density at radius 1 is 1.50 bits per heavy atom. The number of nitrogens with one attached hydrogen (secondary N) is 1. The number of hydrogen-bond donors (Lipinski definition) is 1. The third-order valence-corrected chi connectivity index (χ3v) is 1.24. The number of carbonyl (C=O) groups excluding carboxylic acids is 1. The Kier molecular flexibility index (Phi) is 6.82. The predicted octanol–water partition coefficient (Wildman–Crippen LogP) is 0.104. The van der Waals surface area contributed by atoms with E-state index in [0.717, 1.165) is 0 Å². The normalized spacial score (nSPS) is 11.6. The molecule has 0 radical (unpaired) electrons. The van der Waals surface area contributed by atoms with Gasteiger partial charge in [0.2, 0.25) is 5.91 Å². The first-order valence-electron chi connectivity index (χ1n) is 2.98. The molecule has 10 heavy (non-hydrogen) atoms. The topological polar surface area (TPSA) is 32.3 Å². The molecule has 0 rings (SSSR count). The van der Waals surface area contributed by atoms with Crippen LogP contribution in [0.5, 0.6) is 0 Å². The second kappa shape index (κ2) is 5.50. The maximum atomic E-state index is 10.9. The molecular formula is C6H15ClN2O. The van der Waals surface area contributed by atoms with E-state index in [1.54, 1.807) is 26.0 Å². The van der Waals surface area contributed by atoms with Crippen molar-refractivity contribution in [2.24, 2.45) is 0 Å². The monoisotopic (exact) mass is 166 g/mol. The van der Waals surface area contributed by atoms with Crippen LogP contribution in [-0.4, -0.2) is 38.0 Å². The van der Waals surface area contributed by atoms with E-state index in [1.165, 1.54) is 0 Å². The van der Waals surface area contributed by atoms with Crippen molar-refractivity contribution in [2.45, 2.75) is 13.0 Å². The van der Waals surface area contributed by atoms with Crippen LogP contribution in [0.25, 0.3) is 0 Å². The van der Waals surface area contributed by atoms with Crippen molar-refractivity contribution in [1.82, 2.24) is 10.2 Å². The highest BCUT2D eigenvalue weighted by Crippen LogP contribution is 1.85. The first-order chi connectivity index (χ1) is 4.09. The summed E-state index contributed by atoms with van der Waals surface area (Å²) in [6.07, 6.45) is 0. The minimum atomic E-state index is -0.0694. The highest BCUT2D eigenvalue weighted by atomic mass is 35.5. The molecule has 62 valence electrons. The second-order valence-corrected chi connectivity index (χ2v) is 2.24. The molecule has 0 aromatic carbocycles. The van der Waals surface area contributed by atoms with Gasteiger partial charge in [0.05, 0.1) is 6.04 Å². The van der Waals surface area contributed by atoms with E-state index < -0.39 is 0 Å². The zero-order valence-corrected chi connectivity index (χ0v) is 7.66. The summed E-state index contributed by atoms with van der Waals surface area (Å²) < 4.78 is 0. The van der Waals surface area contributed by atoms with Crippen LogP contribution in [0.3, 0.4) is 0 Å². The van der Waals surface area contributed by atoms with Crippen LogP contribution in [-0.2, 0) is 4.79 Å². The maximum Gasteiger partial charge on any atom is 0.238 e. The van der Waals surface area contributed by atoms with Gasteiger partial charge < -0.3 is 10.2 Å². The van der Waals surface area contributed by atoms with Gasteiger partial charge in [0, 0.05) is 14.1 Å². The van der Waals surface area contributed by atoms with Gasteiger partial charge in [0.25, 0.3) is 0 Å². The van der Waals surface area contributed by atoms with E-state index in [4.69, 9.17) is 0 Å². The van der Waals surface area contributed by atoms with Gasteiger partial charge in [-0.25, -0.2) is 0 Å². The standard InChI is InChI=1S/C6H14N2O.ClH/c1-5(7-2)6(9)8(3)4;/h5,7H,1-4H3;1H.